The number of pyridine rings is 1. The van der Waals surface area contributed by atoms with E-state index >= 15 is 0 Å². The van der Waals surface area contributed by atoms with Crippen LogP contribution >= 0.6 is 15.9 Å². The molecule has 1 heterocycles. The van der Waals surface area contributed by atoms with Crippen molar-refractivity contribution < 1.29 is 9.18 Å². The van der Waals surface area contributed by atoms with Crippen LogP contribution < -0.4 is 10.9 Å². The van der Waals surface area contributed by atoms with Gasteiger partial charge in [-0.25, -0.2) is 4.39 Å². The molecule has 1 unspecified atom stereocenters. The van der Waals surface area contributed by atoms with Crippen molar-refractivity contribution in [2.45, 2.75) is 13.0 Å². The Labute approximate surface area is 123 Å². The minimum absolute atomic E-state index is 0.269. The van der Waals surface area contributed by atoms with Gasteiger partial charge in [-0.3, -0.25) is 9.59 Å². The monoisotopic (exact) mass is 338 g/mol. The summed E-state index contributed by atoms with van der Waals surface area (Å²) >= 11 is 3.26. The quantitative estimate of drug-likeness (QED) is 0.935. The zero-order valence-corrected chi connectivity index (χ0v) is 12.2. The molecule has 0 saturated heterocycles. The first-order valence-electron chi connectivity index (χ1n) is 5.91. The van der Waals surface area contributed by atoms with Gasteiger partial charge >= 0.3 is 0 Å². The number of rotatable bonds is 3. The normalized spacial score (nSPS) is 11.9. The predicted molar refractivity (Wildman–Crippen MR) is 78.1 cm³/mol. The molecule has 2 aromatic rings. The minimum atomic E-state index is -0.676. The lowest BCUT2D eigenvalue weighted by atomic mass is 10.2. The van der Waals surface area contributed by atoms with E-state index in [2.05, 4.69) is 21.2 Å². The van der Waals surface area contributed by atoms with E-state index in [1.807, 2.05) is 0 Å². The van der Waals surface area contributed by atoms with Crippen LogP contribution in [0.5, 0.6) is 0 Å². The molecule has 0 aliphatic carbocycles. The van der Waals surface area contributed by atoms with Gasteiger partial charge in [-0.05, 0) is 53.2 Å². The second kappa shape index (κ2) is 6.00. The fraction of sp³-hybridized carbons (Fsp3) is 0.143. The molecule has 2 rings (SSSR count). The summed E-state index contributed by atoms with van der Waals surface area (Å²) in [6.45, 7) is 1.62. The lowest BCUT2D eigenvalue weighted by molar-refractivity contribution is -0.118. The Hall–Kier alpha value is -1.95. The van der Waals surface area contributed by atoms with Gasteiger partial charge in [-0.15, -0.1) is 0 Å². The maximum atomic E-state index is 12.8. The van der Waals surface area contributed by atoms with Crippen molar-refractivity contribution >= 4 is 27.5 Å². The number of hydrogen-bond donors (Lipinski definition) is 1. The van der Waals surface area contributed by atoms with Crippen molar-refractivity contribution in [1.82, 2.24) is 4.57 Å². The number of hydrogen-bond acceptors (Lipinski definition) is 2. The van der Waals surface area contributed by atoms with Crippen molar-refractivity contribution in [3.63, 3.8) is 0 Å². The second-order valence-electron chi connectivity index (χ2n) is 4.26. The van der Waals surface area contributed by atoms with Crippen LogP contribution in [0, 0.1) is 5.82 Å². The fourth-order valence-corrected chi connectivity index (χ4v) is 2.04. The zero-order valence-electron chi connectivity index (χ0n) is 10.6. The zero-order chi connectivity index (χ0) is 14.7. The Bertz CT molecular complexity index is 682. The molecule has 4 nitrogen and oxygen atoms in total. The number of amides is 1. The van der Waals surface area contributed by atoms with E-state index < -0.39 is 6.04 Å². The molecule has 6 heteroatoms. The summed E-state index contributed by atoms with van der Waals surface area (Å²) in [6.07, 6.45) is 1.55. The number of carbonyl (C=O) groups is 1. The summed E-state index contributed by atoms with van der Waals surface area (Å²) in [5, 5.41) is 2.63. The lowest BCUT2D eigenvalue weighted by Crippen LogP contribution is -2.30. The largest absolute Gasteiger partial charge is 0.324 e. The van der Waals surface area contributed by atoms with Gasteiger partial charge in [0.05, 0.1) is 0 Å². The molecule has 0 aliphatic rings. The van der Waals surface area contributed by atoms with E-state index in [-0.39, 0.29) is 17.3 Å². The number of anilines is 1. The third-order valence-corrected chi connectivity index (χ3v) is 3.28. The van der Waals surface area contributed by atoms with Crippen molar-refractivity contribution in [3.05, 3.63) is 63.2 Å². The summed E-state index contributed by atoms with van der Waals surface area (Å²) in [5.41, 5.74) is 0.209. The molecule has 0 aliphatic heterocycles. The van der Waals surface area contributed by atoms with Crippen LogP contribution in [0.3, 0.4) is 0 Å². The SMILES string of the molecule is CC(C(=O)Nc1ccc(F)cc1)n1cc(Br)ccc1=O. The van der Waals surface area contributed by atoms with Gasteiger partial charge in [0.1, 0.15) is 11.9 Å². The molecule has 0 spiro atoms. The highest BCUT2D eigenvalue weighted by molar-refractivity contribution is 9.10. The second-order valence-corrected chi connectivity index (χ2v) is 5.18. The number of carbonyl (C=O) groups excluding carboxylic acids is 1. The molecule has 0 bridgehead atoms. The Balaban J connectivity index is 2.18. The Morgan fingerprint density at radius 1 is 1.25 bits per heavy atom. The van der Waals surface area contributed by atoms with E-state index in [0.29, 0.717) is 10.2 Å². The van der Waals surface area contributed by atoms with Gasteiger partial charge in [0.25, 0.3) is 5.56 Å². The highest BCUT2D eigenvalue weighted by Gasteiger charge is 2.16. The molecule has 20 heavy (non-hydrogen) atoms. The molecular weight excluding hydrogens is 327 g/mol. The standard InChI is InChI=1S/C14H12BrFN2O2/c1-9(18-8-10(15)2-7-13(18)19)14(20)17-12-5-3-11(16)4-6-12/h2-9H,1H3,(H,17,20). The van der Waals surface area contributed by atoms with Crippen LogP contribution in [0.4, 0.5) is 10.1 Å². The van der Waals surface area contributed by atoms with Gasteiger partial charge in [-0.2, -0.15) is 0 Å². The minimum Gasteiger partial charge on any atom is -0.324 e. The van der Waals surface area contributed by atoms with Crippen LogP contribution in [0.25, 0.3) is 0 Å². The van der Waals surface area contributed by atoms with Crippen LogP contribution in [0.15, 0.2) is 51.9 Å². The third kappa shape index (κ3) is 3.33. The first kappa shape index (κ1) is 14.5. The average Bonchev–Trinajstić information content (AvgIpc) is 2.43. The highest BCUT2D eigenvalue weighted by atomic mass is 79.9. The maximum Gasteiger partial charge on any atom is 0.251 e. The van der Waals surface area contributed by atoms with Gasteiger partial charge < -0.3 is 9.88 Å². The molecule has 0 saturated carbocycles. The van der Waals surface area contributed by atoms with E-state index in [9.17, 15) is 14.0 Å². The molecule has 104 valence electrons. The van der Waals surface area contributed by atoms with Crippen molar-refractivity contribution in [3.8, 4) is 0 Å². The van der Waals surface area contributed by atoms with E-state index in [1.54, 1.807) is 19.2 Å². The Morgan fingerprint density at radius 2 is 1.90 bits per heavy atom. The number of halogens is 2. The smallest absolute Gasteiger partial charge is 0.251 e. The van der Waals surface area contributed by atoms with E-state index in [0.717, 1.165) is 0 Å². The summed E-state index contributed by atoms with van der Waals surface area (Å²) in [6, 6.07) is 7.75. The molecule has 1 amide bonds. The number of aromatic nitrogens is 1. The van der Waals surface area contributed by atoms with E-state index in [1.165, 1.54) is 34.9 Å². The molecule has 1 N–H and O–H groups in total. The van der Waals surface area contributed by atoms with Crippen molar-refractivity contribution in [2.75, 3.05) is 5.32 Å². The van der Waals surface area contributed by atoms with Crippen LogP contribution in [-0.2, 0) is 4.79 Å². The number of nitrogens with zero attached hydrogens (tertiary/aromatic N) is 1. The lowest BCUT2D eigenvalue weighted by Gasteiger charge is -2.15. The van der Waals surface area contributed by atoms with Gasteiger partial charge in [0, 0.05) is 22.4 Å². The highest BCUT2D eigenvalue weighted by Crippen LogP contribution is 2.13. The van der Waals surface area contributed by atoms with E-state index in [4.69, 9.17) is 0 Å². The predicted octanol–water partition coefficient (Wildman–Crippen LogP) is 2.95. The molecule has 1 aromatic heterocycles. The number of nitrogens with one attached hydrogen (secondary N) is 1. The average molecular weight is 339 g/mol. The van der Waals surface area contributed by atoms with Crippen LogP contribution in [0.1, 0.15) is 13.0 Å². The molecule has 1 atom stereocenters. The Kier molecular flexibility index (Phi) is 4.34. The molecule has 0 fully saturated rings. The van der Waals surface area contributed by atoms with Crippen LogP contribution in [0.2, 0.25) is 0 Å². The van der Waals surface area contributed by atoms with Gasteiger partial charge in [0.2, 0.25) is 5.91 Å². The first-order chi connectivity index (χ1) is 9.47. The Morgan fingerprint density at radius 3 is 2.55 bits per heavy atom. The maximum absolute atomic E-state index is 12.8. The topological polar surface area (TPSA) is 51.1 Å². The summed E-state index contributed by atoms with van der Waals surface area (Å²) in [7, 11) is 0. The van der Waals surface area contributed by atoms with Crippen molar-refractivity contribution in [1.29, 1.82) is 0 Å². The summed E-state index contributed by atoms with van der Waals surface area (Å²) in [4.78, 5) is 23.8. The fourth-order valence-electron chi connectivity index (χ4n) is 1.69. The molecule has 1 aromatic carbocycles. The first-order valence-corrected chi connectivity index (χ1v) is 6.71. The van der Waals surface area contributed by atoms with Gasteiger partial charge in [-0.1, -0.05) is 0 Å². The molecule has 0 radical (unpaired) electrons. The summed E-state index contributed by atoms with van der Waals surface area (Å²) < 4.78 is 14.8. The van der Waals surface area contributed by atoms with Gasteiger partial charge in [0.15, 0.2) is 0 Å². The summed E-state index contributed by atoms with van der Waals surface area (Å²) in [5.74, 6) is -0.726. The van der Waals surface area contributed by atoms with Crippen molar-refractivity contribution in [2.24, 2.45) is 0 Å². The number of benzene rings is 1. The molecular formula is C14H12BrFN2O2. The third-order valence-electron chi connectivity index (χ3n) is 2.81. The van der Waals surface area contributed by atoms with Crippen LogP contribution in [-0.4, -0.2) is 10.5 Å².